The number of rotatable bonds is 11. The molecular formula is C40H45FN10O5. The van der Waals surface area contributed by atoms with E-state index in [1.165, 1.54) is 18.3 Å². The molecule has 292 valence electrons. The Hall–Kier alpha value is -5.90. The lowest BCUT2D eigenvalue weighted by Gasteiger charge is -2.50. The lowest BCUT2D eigenvalue weighted by Crippen LogP contribution is -2.62. The van der Waals surface area contributed by atoms with Crippen molar-refractivity contribution in [3.05, 3.63) is 78.1 Å². The van der Waals surface area contributed by atoms with E-state index < -0.39 is 23.7 Å². The molecule has 1 saturated carbocycles. The first-order valence-corrected chi connectivity index (χ1v) is 19.3. The first kappa shape index (κ1) is 37.0. The highest BCUT2D eigenvalue weighted by molar-refractivity contribution is 6.09. The van der Waals surface area contributed by atoms with E-state index in [9.17, 15) is 19.2 Å². The molecule has 56 heavy (non-hydrogen) atoms. The molecule has 4 amide bonds. The highest BCUT2D eigenvalue weighted by Gasteiger charge is 2.37. The van der Waals surface area contributed by atoms with E-state index >= 15 is 4.39 Å². The molecule has 15 nitrogen and oxygen atoms in total. The Kier molecular flexibility index (Phi) is 10.1. The summed E-state index contributed by atoms with van der Waals surface area (Å²) in [6.45, 7) is 8.49. The maximum atomic E-state index is 15.1. The van der Waals surface area contributed by atoms with Crippen molar-refractivity contribution in [2.24, 2.45) is 0 Å². The standard InChI is InChI=1S/C40H45FN10O5/c1-4-49(28-21-48(22-28)27-10-11-29(31(41)17-27)38(53)44-32-12-13-36(52)46-40(32)55)25-6-8-26(9-7-25)51-20-24-16-34(35(56-23(2)3)18-33(24)47-51)45-39(54)30-19-43-50-15-5-14-42-37(30)50/h5,10-11,14-20,23,25-26,28,32H,4,6-9,12-13,21-22H2,1-3H3,(H,44,53)(H,45,54)(H,46,52,55). The Balaban J connectivity index is 0.878. The van der Waals surface area contributed by atoms with Gasteiger partial charge in [0.15, 0.2) is 5.65 Å². The zero-order valence-electron chi connectivity index (χ0n) is 31.6. The molecule has 1 unspecified atom stereocenters. The fourth-order valence-corrected chi connectivity index (χ4v) is 8.18. The number of anilines is 2. The van der Waals surface area contributed by atoms with Gasteiger partial charge in [-0.25, -0.2) is 13.9 Å². The van der Waals surface area contributed by atoms with Gasteiger partial charge in [0.1, 0.15) is 23.2 Å². The monoisotopic (exact) mass is 764 g/mol. The van der Waals surface area contributed by atoms with Gasteiger partial charge >= 0.3 is 0 Å². The van der Waals surface area contributed by atoms with Crippen molar-refractivity contribution >= 4 is 51.6 Å². The number of benzene rings is 2. The lowest BCUT2D eigenvalue weighted by atomic mass is 9.88. The topological polar surface area (TPSA) is 168 Å². The summed E-state index contributed by atoms with van der Waals surface area (Å²) in [5.74, 6) is -2.08. The number of ether oxygens (including phenoxy) is 1. The third-order valence-electron chi connectivity index (χ3n) is 11.1. The number of imide groups is 1. The minimum Gasteiger partial charge on any atom is -0.489 e. The number of piperidine rings is 1. The number of halogens is 1. The van der Waals surface area contributed by atoms with Gasteiger partial charge in [-0.15, -0.1) is 0 Å². The summed E-state index contributed by atoms with van der Waals surface area (Å²) in [6.07, 6.45) is 11.1. The second kappa shape index (κ2) is 15.3. The SMILES string of the molecule is CCN(C1CCC(n2cc3cc(NC(=O)c4cnn5cccnc45)c(OC(C)C)cc3n2)CC1)C1CN(c2ccc(C(=O)NC3CCC(=O)NC3=O)c(F)c2)C1. The van der Waals surface area contributed by atoms with Gasteiger partial charge in [-0.3, -0.25) is 34.1 Å². The Morgan fingerprint density at radius 1 is 1.04 bits per heavy atom. The predicted octanol–water partition coefficient (Wildman–Crippen LogP) is 4.49. The molecule has 1 atom stereocenters. The third-order valence-corrected chi connectivity index (χ3v) is 11.1. The number of hydrogen-bond acceptors (Lipinski definition) is 10. The number of nitrogens with zero attached hydrogens (tertiary/aromatic N) is 7. The molecule has 5 aromatic rings. The molecule has 2 aliphatic heterocycles. The minimum absolute atomic E-state index is 0.114. The third kappa shape index (κ3) is 7.40. The zero-order chi connectivity index (χ0) is 39.1. The van der Waals surface area contributed by atoms with Crippen molar-refractivity contribution in [1.82, 2.24) is 39.9 Å². The second-order valence-corrected chi connectivity index (χ2v) is 15.1. The van der Waals surface area contributed by atoms with Crippen molar-refractivity contribution < 1.29 is 28.3 Å². The van der Waals surface area contributed by atoms with Crippen LogP contribution in [0.2, 0.25) is 0 Å². The number of carbonyl (C=O) groups excluding carboxylic acids is 4. The zero-order valence-corrected chi connectivity index (χ0v) is 31.6. The average molecular weight is 765 g/mol. The highest BCUT2D eigenvalue weighted by Crippen LogP contribution is 2.37. The summed E-state index contributed by atoms with van der Waals surface area (Å²) < 4.78 is 24.9. The predicted molar refractivity (Wildman–Crippen MR) is 206 cm³/mol. The molecule has 2 aromatic carbocycles. The lowest BCUT2D eigenvalue weighted by molar-refractivity contribution is -0.134. The summed E-state index contributed by atoms with van der Waals surface area (Å²) in [5.41, 5.74) is 2.75. The van der Waals surface area contributed by atoms with Crippen LogP contribution in [-0.4, -0.2) is 96.8 Å². The van der Waals surface area contributed by atoms with Gasteiger partial charge in [-0.1, -0.05) is 6.92 Å². The van der Waals surface area contributed by atoms with Crippen LogP contribution in [0.5, 0.6) is 5.75 Å². The summed E-state index contributed by atoms with van der Waals surface area (Å²) in [5, 5.41) is 17.9. The maximum absolute atomic E-state index is 15.1. The van der Waals surface area contributed by atoms with E-state index in [0.717, 1.165) is 56.2 Å². The Morgan fingerprint density at radius 2 is 1.84 bits per heavy atom. The molecule has 3 N–H and O–H groups in total. The fraction of sp³-hybridized carbons (Fsp3) is 0.425. The van der Waals surface area contributed by atoms with Gasteiger partial charge in [-0.2, -0.15) is 10.2 Å². The van der Waals surface area contributed by atoms with Crippen molar-refractivity contribution in [1.29, 1.82) is 0 Å². The molecule has 16 heteroatoms. The van der Waals surface area contributed by atoms with Crippen molar-refractivity contribution in [3.8, 4) is 5.75 Å². The quantitative estimate of drug-likeness (QED) is 0.163. The largest absolute Gasteiger partial charge is 0.489 e. The van der Waals surface area contributed by atoms with E-state index in [2.05, 4.69) is 53.6 Å². The van der Waals surface area contributed by atoms with Crippen molar-refractivity contribution in [2.75, 3.05) is 29.9 Å². The Morgan fingerprint density at radius 3 is 2.57 bits per heavy atom. The molecule has 3 aliphatic rings. The van der Waals surface area contributed by atoms with Crippen LogP contribution in [0, 0.1) is 5.82 Å². The number of hydrogen-bond donors (Lipinski definition) is 3. The molecule has 0 bridgehead atoms. The minimum atomic E-state index is -0.870. The van der Waals surface area contributed by atoms with E-state index in [1.807, 2.05) is 26.0 Å². The van der Waals surface area contributed by atoms with Crippen LogP contribution in [0.15, 0.2) is 61.2 Å². The number of likely N-dealkylation sites (N-methyl/N-ethyl adjacent to an activating group) is 1. The number of aromatic nitrogens is 5. The van der Waals surface area contributed by atoms with Crippen LogP contribution in [0.1, 0.15) is 86.1 Å². The summed E-state index contributed by atoms with van der Waals surface area (Å²) in [6, 6.07) is 10.2. The Bertz CT molecular complexity index is 2310. The maximum Gasteiger partial charge on any atom is 0.261 e. The van der Waals surface area contributed by atoms with Crippen molar-refractivity contribution in [3.63, 3.8) is 0 Å². The van der Waals surface area contributed by atoms with Gasteiger partial charge in [0.05, 0.1) is 35.1 Å². The summed E-state index contributed by atoms with van der Waals surface area (Å²) >= 11 is 0. The fourth-order valence-electron chi connectivity index (χ4n) is 8.18. The van der Waals surface area contributed by atoms with Crippen LogP contribution in [0.4, 0.5) is 15.8 Å². The van der Waals surface area contributed by atoms with E-state index in [-0.39, 0.29) is 42.4 Å². The van der Waals surface area contributed by atoms with Gasteiger partial charge in [0.2, 0.25) is 11.8 Å². The van der Waals surface area contributed by atoms with Gasteiger partial charge in [0, 0.05) is 67.3 Å². The molecule has 1 aliphatic carbocycles. The molecular weight excluding hydrogens is 720 g/mol. The smallest absolute Gasteiger partial charge is 0.261 e. The van der Waals surface area contributed by atoms with Gasteiger partial charge < -0.3 is 20.3 Å². The van der Waals surface area contributed by atoms with Crippen LogP contribution in [0.25, 0.3) is 16.6 Å². The number of carbonyl (C=O) groups is 4. The van der Waals surface area contributed by atoms with E-state index in [1.54, 1.807) is 29.0 Å². The molecule has 2 saturated heterocycles. The number of fused-ring (bicyclic) bond motifs is 2. The van der Waals surface area contributed by atoms with Gasteiger partial charge in [-0.05, 0) is 82.8 Å². The molecule has 3 aromatic heterocycles. The average Bonchev–Trinajstić information content (AvgIpc) is 3.78. The molecule has 3 fully saturated rings. The van der Waals surface area contributed by atoms with Crippen molar-refractivity contribution in [2.45, 2.75) is 89.6 Å². The molecule has 5 heterocycles. The first-order valence-electron chi connectivity index (χ1n) is 19.3. The van der Waals surface area contributed by atoms with Crippen LogP contribution in [-0.2, 0) is 9.59 Å². The van der Waals surface area contributed by atoms with Crippen LogP contribution >= 0.6 is 0 Å². The van der Waals surface area contributed by atoms with Crippen LogP contribution in [0.3, 0.4) is 0 Å². The van der Waals surface area contributed by atoms with Gasteiger partial charge in [0.25, 0.3) is 11.8 Å². The molecule has 8 rings (SSSR count). The number of nitrogens with one attached hydrogen (secondary N) is 3. The highest BCUT2D eigenvalue weighted by atomic mass is 19.1. The van der Waals surface area contributed by atoms with E-state index in [4.69, 9.17) is 9.84 Å². The molecule has 0 spiro atoms. The first-order chi connectivity index (χ1) is 27.0. The Labute approximate surface area is 322 Å². The molecule has 0 radical (unpaired) electrons. The number of amides is 4. The summed E-state index contributed by atoms with van der Waals surface area (Å²) in [4.78, 5) is 58.6. The van der Waals surface area contributed by atoms with E-state index in [0.29, 0.717) is 40.4 Å². The summed E-state index contributed by atoms with van der Waals surface area (Å²) in [7, 11) is 0. The normalized spacial score (nSPS) is 20.4. The van der Waals surface area contributed by atoms with Crippen LogP contribution < -0.4 is 25.6 Å². The second-order valence-electron chi connectivity index (χ2n) is 15.1.